The number of fused-ring (bicyclic) bond motifs is 3. The van der Waals surface area contributed by atoms with Gasteiger partial charge in [-0.1, -0.05) is 0 Å². The highest BCUT2D eigenvalue weighted by Crippen LogP contribution is 2.55. The predicted octanol–water partition coefficient (Wildman–Crippen LogP) is 3.22. The van der Waals surface area contributed by atoms with Gasteiger partial charge in [-0.05, 0) is 68.1 Å². The summed E-state index contributed by atoms with van der Waals surface area (Å²) in [5.74, 6) is 3.38. The molecular weight excluding hydrogens is 391 g/mol. The Balaban J connectivity index is 1.11. The maximum absolute atomic E-state index is 15.0. The molecule has 2 aliphatic carbocycles. The Kier molecular flexibility index (Phi) is 3.64. The minimum absolute atomic E-state index is 0.219. The topological polar surface area (TPSA) is 49.0 Å². The van der Waals surface area contributed by atoms with Gasteiger partial charge >= 0.3 is 0 Å². The molecule has 2 aromatic rings. The van der Waals surface area contributed by atoms with Crippen LogP contribution in [-0.4, -0.2) is 62.5 Å². The van der Waals surface area contributed by atoms with Crippen LogP contribution in [0.5, 0.6) is 0 Å². The number of hydrogen-bond acceptors (Lipinski definition) is 5. The van der Waals surface area contributed by atoms with Gasteiger partial charge in [0.1, 0.15) is 0 Å². The van der Waals surface area contributed by atoms with Crippen LogP contribution in [0.2, 0.25) is 0 Å². The molecule has 7 heteroatoms. The lowest BCUT2D eigenvalue weighted by atomic mass is 10.1. The molecule has 0 amide bonds. The molecule has 7 rings (SSSR count). The average Bonchev–Trinajstić information content (AvgIpc) is 3.48. The van der Waals surface area contributed by atoms with Gasteiger partial charge < -0.3 is 9.80 Å². The average molecular weight is 419 g/mol. The second kappa shape index (κ2) is 6.25. The van der Waals surface area contributed by atoms with Gasteiger partial charge in [-0.15, -0.1) is 0 Å². The molecule has 2 unspecified atom stereocenters. The normalized spacial score (nSPS) is 32.1. The van der Waals surface area contributed by atoms with Crippen molar-refractivity contribution in [3.05, 3.63) is 47.3 Å². The Morgan fingerprint density at radius 3 is 2.71 bits per heavy atom. The number of rotatable bonds is 4. The van der Waals surface area contributed by atoms with Gasteiger partial charge in [-0.3, -0.25) is 4.99 Å². The number of amidine groups is 1. The maximum atomic E-state index is 15.0. The molecule has 0 bridgehead atoms. The summed E-state index contributed by atoms with van der Waals surface area (Å²) in [4.78, 5) is 14.0. The first-order valence-corrected chi connectivity index (χ1v) is 11.5. The number of halogens is 1. The van der Waals surface area contributed by atoms with Crippen molar-refractivity contribution >= 4 is 17.1 Å². The van der Waals surface area contributed by atoms with Gasteiger partial charge in [0.25, 0.3) is 0 Å². The number of likely N-dealkylation sites (tertiary alicyclic amines) is 1. The Labute approximate surface area is 181 Å². The molecule has 0 N–H and O–H groups in total. The van der Waals surface area contributed by atoms with E-state index in [1.54, 1.807) is 10.6 Å². The third-order valence-electron chi connectivity index (χ3n) is 7.75. The molecule has 4 atom stereocenters. The lowest BCUT2D eigenvalue weighted by Gasteiger charge is -2.22. The number of allylic oxidation sites excluding steroid dienone is 2. The van der Waals surface area contributed by atoms with Crippen LogP contribution in [0.1, 0.15) is 29.8 Å². The summed E-state index contributed by atoms with van der Waals surface area (Å²) >= 11 is 0. The maximum Gasteiger partial charge on any atom is 0.166 e. The van der Waals surface area contributed by atoms with Crippen LogP contribution in [-0.2, 0) is 0 Å². The highest BCUT2D eigenvalue weighted by Gasteiger charge is 2.60. The fraction of sp³-hybridized carbons (Fsp3) is 0.542. The minimum atomic E-state index is -0.248. The Bertz CT molecular complexity index is 1180. The van der Waals surface area contributed by atoms with Crippen molar-refractivity contribution in [3.63, 3.8) is 0 Å². The molecular formula is C24H27FN6. The van der Waals surface area contributed by atoms with Gasteiger partial charge in [0.15, 0.2) is 17.3 Å². The molecule has 0 radical (unpaired) electrons. The van der Waals surface area contributed by atoms with E-state index in [0.717, 1.165) is 52.5 Å². The molecule has 160 valence electrons. The molecule has 5 aliphatic rings. The summed E-state index contributed by atoms with van der Waals surface area (Å²) in [6.45, 7) is 8.50. The van der Waals surface area contributed by atoms with Gasteiger partial charge in [0, 0.05) is 38.0 Å². The van der Waals surface area contributed by atoms with Crippen molar-refractivity contribution < 1.29 is 4.39 Å². The molecule has 2 saturated carbocycles. The molecule has 0 aromatic carbocycles. The number of nitrogens with zero attached hydrogens (tertiary/aromatic N) is 6. The minimum Gasteiger partial charge on any atom is -0.328 e. The largest absolute Gasteiger partial charge is 0.328 e. The van der Waals surface area contributed by atoms with Crippen molar-refractivity contribution in [1.29, 1.82) is 0 Å². The zero-order valence-electron chi connectivity index (χ0n) is 18.0. The van der Waals surface area contributed by atoms with Crippen LogP contribution >= 0.6 is 0 Å². The number of aromatic nitrogens is 3. The van der Waals surface area contributed by atoms with Crippen LogP contribution in [0.3, 0.4) is 0 Å². The Hall–Kier alpha value is -2.54. The monoisotopic (exact) mass is 418 g/mol. The standard InChI is InChI=1S/C24H27FN6/c1-13-5-20(28-31-7-14(2)26-23(13)31)16-6-19(25)24-27-21(12-30(24)9-16)22-17-10-29(11-18(17)22)8-15-3-4-15/h5-7,9,15,17-18,21-22H,3-4,8,10-12H2,1-2H3/t17-,18+,21?,22?. The van der Waals surface area contributed by atoms with E-state index in [0.29, 0.717) is 11.8 Å². The zero-order valence-corrected chi connectivity index (χ0v) is 18.0. The van der Waals surface area contributed by atoms with Crippen molar-refractivity contribution in [2.24, 2.45) is 28.7 Å². The van der Waals surface area contributed by atoms with Crippen molar-refractivity contribution in [2.75, 3.05) is 26.2 Å². The molecule has 3 fully saturated rings. The second-order valence-electron chi connectivity index (χ2n) is 10.2. The first kappa shape index (κ1) is 18.1. The third kappa shape index (κ3) is 2.89. The van der Waals surface area contributed by atoms with Crippen molar-refractivity contribution in [3.8, 4) is 0 Å². The first-order valence-electron chi connectivity index (χ1n) is 11.5. The summed E-state index contributed by atoms with van der Waals surface area (Å²) in [7, 11) is 0. The molecule has 3 aliphatic heterocycles. The molecule has 5 heterocycles. The number of aryl methyl sites for hydroxylation is 2. The summed E-state index contributed by atoms with van der Waals surface area (Å²) in [6, 6.07) is 2.21. The predicted molar refractivity (Wildman–Crippen MR) is 117 cm³/mol. The van der Waals surface area contributed by atoms with E-state index in [4.69, 9.17) is 4.99 Å². The van der Waals surface area contributed by atoms with Crippen LogP contribution in [0.15, 0.2) is 35.4 Å². The van der Waals surface area contributed by atoms with E-state index >= 15 is 4.39 Å². The van der Waals surface area contributed by atoms with E-state index in [-0.39, 0.29) is 11.9 Å². The SMILES string of the molecule is Cc1cn2nc(C3=CN4CC(C5[C@H]6CN(CC7CC7)C[C@@H]56)N=C4C(F)=C3)cc(C)c2n1. The number of imidazole rings is 1. The molecule has 6 nitrogen and oxygen atoms in total. The number of piperidine rings is 1. The molecule has 31 heavy (non-hydrogen) atoms. The summed E-state index contributed by atoms with van der Waals surface area (Å²) < 4.78 is 16.8. The summed E-state index contributed by atoms with van der Waals surface area (Å²) in [5, 5.41) is 4.68. The number of hydrogen-bond donors (Lipinski definition) is 0. The Morgan fingerprint density at radius 2 is 1.94 bits per heavy atom. The zero-order chi connectivity index (χ0) is 20.9. The second-order valence-corrected chi connectivity index (χ2v) is 10.2. The Morgan fingerprint density at radius 1 is 1.13 bits per heavy atom. The van der Waals surface area contributed by atoms with Gasteiger partial charge in [0.2, 0.25) is 0 Å². The van der Waals surface area contributed by atoms with Crippen LogP contribution in [0.25, 0.3) is 11.2 Å². The van der Waals surface area contributed by atoms with Crippen LogP contribution < -0.4 is 0 Å². The summed E-state index contributed by atoms with van der Waals surface area (Å²) in [6.07, 6.45) is 8.36. The van der Waals surface area contributed by atoms with E-state index in [9.17, 15) is 0 Å². The fourth-order valence-corrected chi connectivity index (χ4v) is 6.06. The highest BCUT2D eigenvalue weighted by atomic mass is 19.1. The lowest BCUT2D eigenvalue weighted by molar-refractivity contribution is 0.264. The van der Waals surface area contributed by atoms with Crippen LogP contribution in [0, 0.1) is 37.5 Å². The van der Waals surface area contributed by atoms with E-state index < -0.39 is 0 Å². The molecule has 1 saturated heterocycles. The quantitative estimate of drug-likeness (QED) is 0.765. The smallest absolute Gasteiger partial charge is 0.166 e. The van der Waals surface area contributed by atoms with Gasteiger partial charge in [-0.2, -0.15) is 5.10 Å². The van der Waals surface area contributed by atoms with Crippen molar-refractivity contribution in [1.82, 2.24) is 24.4 Å². The van der Waals surface area contributed by atoms with E-state index in [1.807, 2.05) is 37.2 Å². The van der Waals surface area contributed by atoms with Crippen LogP contribution in [0.4, 0.5) is 4.39 Å². The fourth-order valence-electron chi connectivity index (χ4n) is 6.06. The molecule has 0 spiro atoms. The van der Waals surface area contributed by atoms with Crippen molar-refractivity contribution in [2.45, 2.75) is 32.7 Å². The molecule has 2 aromatic heterocycles. The van der Waals surface area contributed by atoms with Gasteiger partial charge in [0.05, 0.1) is 23.6 Å². The summed E-state index contributed by atoms with van der Waals surface area (Å²) in [5.41, 5.74) is 4.36. The first-order chi connectivity index (χ1) is 15.0. The van der Waals surface area contributed by atoms with E-state index in [1.165, 1.54) is 32.5 Å². The highest BCUT2D eigenvalue weighted by molar-refractivity contribution is 6.03. The van der Waals surface area contributed by atoms with Gasteiger partial charge in [-0.25, -0.2) is 13.9 Å². The number of aliphatic imine (C=N–C) groups is 1. The lowest BCUT2D eigenvalue weighted by Crippen LogP contribution is -2.31. The van der Waals surface area contributed by atoms with E-state index in [2.05, 4.69) is 15.0 Å². The third-order valence-corrected chi connectivity index (χ3v) is 7.75.